The molecule has 15 unspecified atom stereocenters. The average Bonchev–Trinajstić information content (AvgIpc) is 0.839. The maximum atomic E-state index is 13.8. The summed E-state index contributed by atoms with van der Waals surface area (Å²) in [5, 5.41) is 147. The highest BCUT2D eigenvalue weighted by molar-refractivity contribution is 5.78. The van der Waals surface area contributed by atoms with Crippen molar-refractivity contribution in [3.63, 3.8) is 0 Å². The number of unbranched alkanes of at least 4 members (excludes halogenated alkanes) is 10. The van der Waals surface area contributed by atoms with Crippen LogP contribution in [-0.2, 0) is 81.0 Å². The van der Waals surface area contributed by atoms with Crippen molar-refractivity contribution < 1.29 is 147 Å². The third kappa shape index (κ3) is 39.2. The molecule has 20 N–H and O–H groups in total. The molecule has 0 saturated carbocycles. The number of carboxylic acids is 1. The number of rotatable bonds is 60. The predicted octanol–water partition coefficient (Wildman–Crippen LogP) is -5.13. The van der Waals surface area contributed by atoms with Crippen LogP contribution in [-0.4, -0.2) is 330 Å². The molecule has 37 heteroatoms. The quantitative estimate of drug-likeness (QED) is 0.0253. The maximum absolute atomic E-state index is 13.8. The highest BCUT2D eigenvalue weighted by Gasteiger charge is 2.46. The van der Waals surface area contributed by atoms with Crippen molar-refractivity contribution in [2.75, 3.05) is 119 Å². The summed E-state index contributed by atoms with van der Waals surface area (Å²) >= 11 is 0. The van der Waals surface area contributed by atoms with Crippen molar-refractivity contribution in [1.29, 1.82) is 0 Å². The van der Waals surface area contributed by atoms with E-state index in [1.165, 1.54) is 0 Å². The molecular formula is C67H121N7O30. The Balaban J connectivity index is 1.51. The molecule has 0 aromatic carbocycles. The van der Waals surface area contributed by atoms with E-state index in [0.29, 0.717) is 70.6 Å². The first-order chi connectivity index (χ1) is 50.0. The van der Waals surface area contributed by atoms with E-state index >= 15 is 0 Å². The summed E-state index contributed by atoms with van der Waals surface area (Å²) < 4.78 is 50.5. The molecule has 104 heavy (non-hydrogen) atoms. The molecule has 0 spiro atoms. The standard InChI is InChI=1S/C67H121N7O30/c75-38-44-55(87)58(90)61(93)64(102-44)99-32-12-9-18-47(78)68-26-15-29-71-50(81)23-35-96-41-67(74-53(84)21-7-5-3-1-2-4-6-8-22-54(85)86,42-97-36-24-51(82)72-30-16-27-69-48(79)19-10-13-33-100-65-62(94)59(91)56(88)45(39-76)103-65)43-98-37-25-52(83)73-31-17-28-70-49(80)20-11-14-34-101-66-63(95)60(92)57(89)46(40-77)104-66/h44-46,55-66,75-77,87-95H,1-43H2,(H,68,78)(H,69,79)(H,70,80)(H,71,81)(H,72,82)(H,73,83)(H,74,84)(H,85,86). The van der Waals surface area contributed by atoms with Crippen LogP contribution in [0.15, 0.2) is 0 Å². The van der Waals surface area contributed by atoms with Gasteiger partial charge < -0.3 is 146 Å². The summed E-state index contributed by atoms with van der Waals surface area (Å²) in [6, 6.07) is 0. The molecule has 3 fully saturated rings. The van der Waals surface area contributed by atoms with Crippen LogP contribution in [0.5, 0.6) is 0 Å². The number of nitrogens with one attached hydrogen (secondary N) is 7. The topological polar surface area (TPSA) is 567 Å². The summed E-state index contributed by atoms with van der Waals surface area (Å²) in [6.45, 7) is -1.22. The lowest BCUT2D eigenvalue weighted by Crippen LogP contribution is -2.59. The van der Waals surface area contributed by atoms with Crippen LogP contribution < -0.4 is 37.2 Å². The Morgan fingerprint density at radius 1 is 0.288 bits per heavy atom. The highest BCUT2D eigenvalue weighted by Crippen LogP contribution is 2.25. The lowest BCUT2D eigenvalue weighted by molar-refractivity contribution is -0.301. The minimum atomic E-state index is -1.57. The van der Waals surface area contributed by atoms with Crippen LogP contribution in [0.2, 0.25) is 0 Å². The molecule has 15 atom stereocenters. The van der Waals surface area contributed by atoms with Crippen molar-refractivity contribution in [3.05, 3.63) is 0 Å². The highest BCUT2D eigenvalue weighted by atomic mass is 16.7. The Bertz CT molecular complexity index is 2180. The fourth-order valence-electron chi connectivity index (χ4n) is 11.1. The van der Waals surface area contributed by atoms with Gasteiger partial charge in [-0.3, -0.25) is 38.4 Å². The van der Waals surface area contributed by atoms with E-state index in [1.807, 2.05) is 0 Å². The van der Waals surface area contributed by atoms with Gasteiger partial charge in [0.25, 0.3) is 0 Å². The first kappa shape index (κ1) is 93.1. The number of carboxylic acid groups (broad SMARTS) is 1. The summed E-state index contributed by atoms with van der Waals surface area (Å²) in [4.78, 5) is 101. The molecular weight excluding hydrogens is 1380 g/mol. The van der Waals surface area contributed by atoms with Crippen LogP contribution in [0.25, 0.3) is 0 Å². The number of hydrogen-bond acceptors (Lipinski definition) is 29. The van der Waals surface area contributed by atoms with Crippen LogP contribution in [0.1, 0.15) is 161 Å². The van der Waals surface area contributed by atoms with E-state index in [9.17, 15) is 99.6 Å². The normalized spacial score (nSPS) is 25.3. The number of aliphatic carboxylic acids is 1. The van der Waals surface area contributed by atoms with E-state index in [-0.39, 0.29) is 191 Å². The van der Waals surface area contributed by atoms with Crippen LogP contribution >= 0.6 is 0 Å². The molecule has 3 rings (SSSR count). The molecule has 7 amide bonds. The van der Waals surface area contributed by atoms with E-state index in [4.69, 9.17) is 47.7 Å². The first-order valence-electron chi connectivity index (χ1n) is 36.6. The molecule has 0 radical (unpaired) electrons. The minimum Gasteiger partial charge on any atom is -0.481 e. The van der Waals surface area contributed by atoms with Gasteiger partial charge in [-0.05, 0) is 70.6 Å². The SMILES string of the molecule is O=C(O)CCCCCCCCCCC(=O)NC(COCCC(=O)NCCCNC(=O)CCCCOC1OC(CO)C(O)C(O)C1O)(COCCC(=O)NCCCNC(=O)CCCCOC1OC(CO)C(O)C(O)C1O)COCCC(=O)NCCCNC(=O)CCCCOC1OC(CO)C(O)C(O)C1O. The Morgan fingerprint density at radius 2 is 0.538 bits per heavy atom. The van der Waals surface area contributed by atoms with Gasteiger partial charge in [-0.15, -0.1) is 0 Å². The first-order valence-corrected chi connectivity index (χ1v) is 36.6. The fourth-order valence-corrected chi connectivity index (χ4v) is 11.1. The lowest BCUT2D eigenvalue weighted by Gasteiger charge is -2.39. The zero-order valence-corrected chi connectivity index (χ0v) is 59.8. The smallest absolute Gasteiger partial charge is 0.303 e. The van der Waals surface area contributed by atoms with Gasteiger partial charge in [-0.2, -0.15) is 0 Å². The fraction of sp³-hybridized carbons (Fsp3) is 0.881. The van der Waals surface area contributed by atoms with Crippen molar-refractivity contribution in [1.82, 2.24) is 37.2 Å². The zero-order valence-electron chi connectivity index (χ0n) is 59.8. The zero-order chi connectivity index (χ0) is 76.5. The Morgan fingerprint density at radius 3 is 0.817 bits per heavy atom. The molecule has 0 aliphatic carbocycles. The number of aliphatic hydroxyl groups excluding tert-OH is 12. The minimum absolute atomic E-state index is 0.0659. The van der Waals surface area contributed by atoms with Gasteiger partial charge in [0.1, 0.15) is 78.8 Å². The third-order valence-corrected chi connectivity index (χ3v) is 17.3. The number of carbonyl (C=O) groups is 8. The molecule has 37 nitrogen and oxygen atoms in total. The van der Waals surface area contributed by atoms with Crippen molar-refractivity contribution in [2.24, 2.45) is 0 Å². The third-order valence-electron chi connectivity index (χ3n) is 17.3. The molecule has 0 aromatic rings. The molecule has 3 saturated heterocycles. The van der Waals surface area contributed by atoms with Gasteiger partial charge in [-0.25, -0.2) is 0 Å². The number of aliphatic hydroxyl groups is 12. The van der Waals surface area contributed by atoms with Gasteiger partial charge in [0.15, 0.2) is 18.9 Å². The average molecular weight is 1500 g/mol. The molecule has 0 bridgehead atoms. The van der Waals surface area contributed by atoms with Gasteiger partial charge in [0.2, 0.25) is 41.4 Å². The second-order valence-corrected chi connectivity index (χ2v) is 26.2. The summed E-state index contributed by atoms with van der Waals surface area (Å²) in [5.41, 5.74) is -1.41. The second-order valence-electron chi connectivity index (χ2n) is 26.2. The van der Waals surface area contributed by atoms with Gasteiger partial charge in [0, 0.05) is 110 Å². The van der Waals surface area contributed by atoms with E-state index < -0.39 is 123 Å². The molecule has 3 aliphatic rings. The summed E-state index contributed by atoms with van der Waals surface area (Å²) in [5.74, 6) is -3.04. The molecule has 0 aromatic heterocycles. The van der Waals surface area contributed by atoms with E-state index in [1.54, 1.807) is 0 Å². The van der Waals surface area contributed by atoms with Crippen LogP contribution in [0.4, 0.5) is 0 Å². The predicted molar refractivity (Wildman–Crippen MR) is 364 cm³/mol. The second kappa shape index (κ2) is 55.3. The number of carbonyl (C=O) groups excluding carboxylic acids is 7. The van der Waals surface area contributed by atoms with Crippen molar-refractivity contribution in [3.8, 4) is 0 Å². The largest absolute Gasteiger partial charge is 0.481 e. The van der Waals surface area contributed by atoms with Crippen LogP contribution in [0.3, 0.4) is 0 Å². The molecule has 3 heterocycles. The Labute approximate surface area is 606 Å². The van der Waals surface area contributed by atoms with E-state index in [0.717, 1.165) is 38.5 Å². The molecule has 604 valence electrons. The summed E-state index contributed by atoms with van der Waals surface area (Å²) in [6.07, 6.45) is -10.7. The monoisotopic (exact) mass is 1500 g/mol. The Hall–Kier alpha value is -5.08. The van der Waals surface area contributed by atoms with Gasteiger partial charge in [0.05, 0.1) is 59.5 Å². The maximum Gasteiger partial charge on any atom is 0.303 e. The Kier molecular flexibility index (Phi) is 49.6. The lowest BCUT2D eigenvalue weighted by atomic mass is 9.99. The molecule has 3 aliphatic heterocycles. The number of hydrogen-bond donors (Lipinski definition) is 20. The van der Waals surface area contributed by atoms with Crippen molar-refractivity contribution in [2.45, 2.75) is 258 Å². The van der Waals surface area contributed by atoms with Gasteiger partial charge >= 0.3 is 5.97 Å². The van der Waals surface area contributed by atoms with E-state index in [2.05, 4.69) is 37.2 Å². The summed E-state index contributed by atoms with van der Waals surface area (Å²) in [7, 11) is 0. The van der Waals surface area contributed by atoms with Crippen molar-refractivity contribution >= 4 is 47.3 Å². The number of amides is 7. The van der Waals surface area contributed by atoms with Gasteiger partial charge in [-0.1, -0.05) is 38.5 Å². The van der Waals surface area contributed by atoms with Crippen LogP contribution in [0, 0.1) is 0 Å². The number of ether oxygens (including phenoxy) is 9.